The third-order valence-corrected chi connectivity index (χ3v) is 5.11. The van der Waals surface area contributed by atoms with Crippen LogP contribution in [0.5, 0.6) is 0 Å². The Morgan fingerprint density at radius 2 is 1.65 bits per heavy atom. The van der Waals surface area contributed by atoms with Gasteiger partial charge in [-0.1, -0.05) is 31.9 Å². The van der Waals surface area contributed by atoms with E-state index < -0.39 is 10.0 Å². The minimum atomic E-state index is -3.72. The number of halogens is 2. The molecule has 4 nitrogen and oxygen atoms in total. The predicted molar refractivity (Wildman–Crippen MR) is 88.2 cm³/mol. The number of hydrogen-bond donors (Lipinski definition) is 2. The molecule has 0 unspecified atom stereocenters. The topological polar surface area (TPSA) is 72.2 Å². The van der Waals surface area contributed by atoms with Crippen LogP contribution in [0.4, 0.5) is 11.4 Å². The van der Waals surface area contributed by atoms with E-state index in [-0.39, 0.29) is 10.6 Å². The van der Waals surface area contributed by atoms with Crippen molar-refractivity contribution >= 4 is 53.3 Å². The lowest BCUT2D eigenvalue weighted by atomic mass is 10.2. The number of benzene rings is 2. The molecule has 0 heterocycles. The SMILES string of the molecule is Cc1cc(Br)ccc1NS(=O)(=O)c1cc(Br)ccc1N. The van der Waals surface area contributed by atoms with E-state index in [9.17, 15) is 8.42 Å². The van der Waals surface area contributed by atoms with Crippen LogP contribution in [0.25, 0.3) is 0 Å². The molecule has 0 fully saturated rings. The van der Waals surface area contributed by atoms with Crippen LogP contribution >= 0.6 is 31.9 Å². The fraction of sp³-hybridized carbons (Fsp3) is 0.0769. The van der Waals surface area contributed by atoms with Crippen molar-refractivity contribution < 1.29 is 8.42 Å². The maximum Gasteiger partial charge on any atom is 0.263 e. The molecule has 2 rings (SSSR count). The van der Waals surface area contributed by atoms with Crippen molar-refractivity contribution in [2.75, 3.05) is 10.5 Å². The van der Waals surface area contributed by atoms with Crippen LogP contribution in [0.1, 0.15) is 5.56 Å². The van der Waals surface area contributed by atoms with Gasteiger partial charge in [-0.2, -0.15) is 0 Å². The van der Waals surface area contributed by atoms with E-state index in [1.807, 2.05) is 13.0 Å². The maximum absolute atomic E-state index is 12.4. The first-order chi connectivity index (χ1) is 9.29. The second-order valence-electron chi connectivity index (χ2n) is 4.25. The summed E-state index contributed by atoms with van der Waals surface area (Å²) in [6.45, 7) is 1.83. The van der Waals surface area contributed by atoms with E-state index in [2.05, 4.69) is 36.6 Å². The average Bonchev–Trinajstić information content (AvgIpc) is 2.35. The molecule has 0 aromatic heterocycles. The summed E-state index contributed by atoms with van der Waals surface area (Å²) in [5, 5.41) is 0. The Morgan fingerprint density at radius 1 is 1.05 bits per heavy atom. The average molecular weight is 420 g/mol. The summed E-state index contributed by atoms with van der Waals surface area (Å²) in [6, 6.07) is 10.0. The monoisotopic (exact) mass is 418 g/mol. The summed E-state index contributed by atoms with van der Waals surface area (Å²) in [4.78, 5) is 0.0502. The van der Waals surface area contributed by atoms with Crippen molar-refractivity contribution in [3.8, 4) is 0 Å². The zero-order chi connectivity index (χ0) is 14.9. The van der Waals surface area contributed by atoms with Gasteiger partial charge in [0.2, 0.25) is 0 Å². The highest BCUT2D eigenvalue weighted by Gasteiger charge is 2.18. The largest absolute Gasteiger partial charge is 0.398 e. The van der Waals surface area contributed by atoms with Gasteiger partial charge >= 0.3 is 0 Å². The van der Waals surface area contributed by atoms with Gasteiger partial charge in [0.1, 0.15) is 4.90 Å². The smallest absolute Gasteiger partial charge is 0.263 e. The summed E-state index contributed by atoms with van der Waals surface area (Å²) in [7, 11) is -3.72. The van der Waals surface area contributed by atoms with Crippen LogP contribution in [0.15, 0.2) is 50.2 Å². The number of aryl methyl sites for hydroxylation is 1. The molecule has 0 bridgehead atoms. The molecule has 20 heavy (non-hydrogen) atoms. The second-order valence-corrected chi connectivity index (χ2v) is 7.73. The van der Waals surface area contributed by atoms with Crippen LogP contribution in [-0.4, -0.2) is 8.42 Å². The predicted octanol–water partition coefficient (Wildman–Crippen LogP) is 3.90. The van der Waals surface area contributed by atoms with E-state index in [1.165, 1.54) is 6.07 Å². The lowest BCUT2D eigenvalue weighted by Crippen LogP contribution is -2.15. The number of hydrogen-bond acceptors (Lipinski definition) is 3. The fourth-order valence-electron chi connectivity index (χ4n) is 1.68. The van der Waals surface area contributed by atoms with E-state index in [1.54, 1.807) is 24.3 Å². The molecule has 2 aromatic rings. The molecule has 0 amide bonds. The van der Waals surface area contributed by atoms with Crippen molar-refractivity contribution in [3.05, 3.63) is 50.9 Å². The Morgan fingerprint density at radius 3 is 2.30 bits per heavy atom. The summed E-state index contributed by atoms with van der Waals surface area (Å²) in [6.07, 6.45) is 0. The van der Waals surface area contributed by atoms with E-state index in [0.29, 0.717) is 10.2 Å². The van der Waals surface area contributed by atoms with Crippen molar-refractivity contribution in [2.24, 2.45) is 0 Å². The van der Waals surface area contributed by atoms with E-state index >= 15 is 0 Å². The molecule has 0 radical (unpaired) electrons. The Kier molecular flexibility index (Phi) is 4.41. The molecule has 0 aliphatic carbocycles. The number of anilines is 2. The molecule has 0 aliphatic heterocycles. The zero-order valence-electron chi connectivity index (χ0n) is 10.5. The zero-order valence-corrected chi connectivity index (χ0v) is 14.5. The first-order valence-corrected chi connectivity index (χ1v) is 8.70. The molecule has 0 atom stereocenters. The van der Waals surface area contributed by atoms with Gasteiger partial charge in [-0.25, -0.2) is 8.42 Å². The molecule has 106 valence electrons. The molecule has 0 saturated heterocycles. The minimum Gasteiger partial charge on any atom is -0.398 e. The highest BCUT2D eigenvalue weighted by atomic mass is 79.9. The molecular weight excluding hydrogens is 408 g/mol. The number of sulfonamides is 1. The van der Waals surface area contributed by atoms with Crippen LogP contribution in [-0.2, 0) is 10.0 Å². The lowest BCUT2D eigenvalue weighted by molar-refractivity contribution is 0.601. The molecule has 0 spiro atoms. The first-order valence-electron chi connectivity index (χ1n) is 5.63. The summed E-state index contributed by atoms with van der Waals surface area (Å²) in [5.74, 6) is 0. The van der Waals surface area contributed by atoms with Crippen LogP contribution in [0, 0.1) is 6.92 Å². The molecular formula is C13H12Br2N2O2S. The van der Waals surface area contributed by atoms with Gasteiger partial charge in [0.15, 0.2) is 0 Å². The Balaban J connectivity index is 2.43. The third-order valence-electron chi connectivity index (χ3n) is 2.70. The van der Waals surface area contributed by atoms with E-state index in [0.717, 1.165) is 10.0 Å². The van der Waals surface area contributed by atoms with Crippen molar-refractivity contribution in [3.63, 3.8) is 0 Å². The van der Waals surface area contributed by atoms with Crippen LogP contribution in [0.3, 0.4) is 0 Å². The van der Waals surface area contributed by atoms with Gasteiger partial charge in [0, 0.05) is 8.95 Å². The standard InChI is InChI=1S/C13H12Br2N2O2S/c1-8-6-9(14)3-5-12(8)17-20(18,19)13-7-10(15)2-4-11(13)16/h2-7,17H,16H2,1H3. The van der Waals surface area contributed by atoms with Crippen molar-refractivity contribution in [1.82, 2.24) is 0 Å². The number of nitrogens with two attached hydrogens (primary N) is 1. The first kappa shape index (κ1) is 15.3. The Bertz CT molecular complexity index is 761. The highest BCUT2D eigenvalue weighted by Crippen LogP contribution is 2.27. The van der Waals surface area contributed by atoms with Gasteiger partial charge in [0.05, 0.1) is 11.4 Å². The quantitative estimate of drug-likeness (QED) is 0.741. The molecule has 0 aliphatic rings. The van der Waals surface area contributed by atoms with Gasteiger partial charge in [-0.05, 0) is 48.9 Å². The summed E-state index contributed by atoms with van der Waals surface area (Å²) >= 11 is 6.58. The van der Waals surface area contributed by atoms with Gasteiger partial charge in [-0.15, -0.1) is 0 Å². The Labute approximate surface area is 134 Å². The maximum atomic E-state index is 12.4. The summed E-state index contributed by atoms with van der Waals surface area (Å²) in [5.41, 5.74) is 7.29. The van der Waals surface area contributed by atoms with E-state index in [4.69, 9.17) is 5.73 Å². The second kappa shape index (κ2) is 5.75. The summed E-state index contributed by atoms with van der Waals surface area (Å²) < 4.78 is 28.9. The Hall–Kier alpha value is -1.05. The van der Waals surface area contributed by atoms with Crippen molar-refractivity contribution in [1.29, 1.82) is 0 Å². The normalized spacial score (nSPS) is 11.3. The molecule has 3 N–H and O–H groups in total. The molecule has 0 saturated carbocycles. The van der Waals surface area contributed by atoms with Gasteiger partial charge in [0.25, 0.3) is 10.0 Å². The lowest BCUT2D eigenvalue weighted by Gasteiger charge is -2.12. The fourth-order valence-corrected chi connectivity index (χ4v) is 3.96. The highest BCUT2D eigenvalue weighted by molar-refractivity contribution is 9.10. The third kappa shape index (κ3) is 3.34. The number of rotatable bonds is 3. The number of nitrogen functional groups attached to an aromatic ring is 1. The molecule has 7 heteroatoms. The number of nitrogens with one attached hydrogen (secondary N) is 1. The van der Waals surface area contributed by atoms with Crippen LogP contribution < -0.4 is 10.5 Å². The van der Waals surface area contributed by atoms with Crippen LogP contribution in [0.2, 0.25) is 0 Å². The van der Waals surface area contributed by atoms with Gasteiger partial charge < -0.3 is 5.73 Å². The molecule has 2 aromatic carbocycles. The minimum absolute atomic E-state index is 0.0502. The van der Waals surface area contributed by atoms with Crippen molar-refractivity contribution in [2.45, 2.75) is 11.8 Å². The van der Waals surface area contributed by atoms with Gasteiger partial charge in [-0.3, -0.25) is 4.72 Å².